The molecule has 2 atom stereocenters. The van der Waals surface area contributed by atoms with Crippen molar-refractivity contribution >= 4 is 0 Å². The van der Waals surface area contributed by atoms with Crippen LogP contribution < -0.4 is 4.74 Å². The normalized spacial score (nSPS) is 18.7. The van der Waals surface area contributed by atoms with Gasteiger partial charge in [0, 0.05) is 29.7 Å². The second-order valence-electron chi connectivity index (χ2n) is 10.5. The first-order chi connectivity index (χ1) is 18.0. The van der Waals surface area contributed by atoms with Crippen molar-refractivity contribution in [1.82, 2.24) is 0 Å². The Morgan fingerprint density at radius 3 is 2.27 bits per heavy atom. The fraction of sp³-hybridized carbons (Fsp3) is 0.438. The van der Waals surface area contributed by atoms with Crippen LogP contribution in [0, 0.1) is 23.4 Å². The lowest BCUT2D eigenvalue weighted by Gasteiger charge is -2.29. The van der Waals surface area contributed by atoms with Crippen molar-refractivity contribution in [1.29, 1.82) is 0 Å². The highest BCUT2D eigenvalue weighted by molar-refractivity contribution is 5.68. The second kappa shape index (κ2) is 11.3. The first kappa shape index (κ1) is 25.8. The molecular formula is C32H35F3O2. The molecule has 0 N–H and O–H groups in total. The zero-order chi connectivity index (χ0) is 25.9. The number of ether oxygens (including phenoxy) is 2. The quantitative estimate of drug-likeness (QED) is 0.236. The fourth-order valence-corrected chi connectivity index (χ4v) is 5.67. The molecular weight excluding hydrogens is 473 g/mol. The summed E-state index contributed by atoms with van der Waals surface area (Å²) in [5.74, 6) is -2.04. The van der Waals surface area contributed by atoms with Crippen LogP contribution in [0.4, 0.5) is 13.2 Å². The van der Waals surface area contributed by atoms with E-state index in [1.807, 2.05) is 37.3 Å². The molecule has 2 aliphatic heterocycles. The Kier molecular flexibility index (Phi) is 7.89. The summed E-state index contributed by atoms with van der Waals surface area (Å²) in [4.78, 5) is 0. The average molecular weight is 509 g/mol. The molecule has 0 aliphatic carbocycles. The van der Waals surface area contributed by atoms with Crippen LogP contribution in [0.2, 0.25) is 0 Å². The minimum Gasteiger partial charge on any atom is -0.450 e. The Hall–Kier alpha value is -2.79. The zero-order valence-corrected chi connectivity index (χ0v) is 21.7. The van der Waals surface area contributed by atoms with E-state index in [1.54, 1.807) is 12.1 Å². The molecule has 0 saturated carbocycles. The van der Waals surface area contributed by atoms with Crippen LogP contribution in [0.3, 0.4) is 0 Å². The Balaban J connectivity index is 1.30. The highest BCUT2D eigenvalue weighted by Crippen LogP contribution is 2.43. The molecule has 5 heteroatoms. The number of rotatable bonds is 8. The molecule has 2 heterocycles. The van der Waals surface area contributed by atoms with Crippen molar-refractivity contribution in [2.24, 2.45) is 5.92 Å². The van der Waals surface area contributed by atoms with E-state index in [0.29, 0.717) is 40.7 Å². The Labute approximate surface area is 217 Å². The highest BCUT2D eigenvalue weighted by Gasteiger charge is 2.28. The summed E-state index contributed by atoms with van der Waals surface area (Å²) in [7, 11) is 0. The first-order valence-electron chi connectivity index (χ1n) is 13.7. The van der Waals surface area contributed by atoms with E-state index >= 15 is 8.78 Å². The van der Waals surface area contributed by atoms with Gasteiger partial charge in [-0.15, -0.1) is 0 Å². The molecule has 5 rings (SSSR count). The van der Waals surface area contributed by atoms with E-state index in [9.17, 15) is 4.39 Å². The minimum atomic E-state index is -1.07. The van der Waals surface area contributed by atoms with Crippen molar-refractivity contribution in [3.63, 3.8) is 0 Å². The summed E-state index contributed by atoms with van der Waals surface area (Å²) in [6, 6.07) is 12.8. The van der Waals surface area contributed by atoms with Crippen LogP contribution in [0.1, 0.15) is 74.6 Å². The summed E-state index contributed by atoms with van der Waals surface area (Å²) in [5, 5.41) is 0. The lowest BCUT2D eigenvalue weighted by molar-refractivity contribution is -0.0215. The van der Waals surface area contributed by atoms with Gasteiger partial charge in [0.15, 0.2) is 23.1 Å². The number of hydrogen-bond acceptors (Lipinski definition) is 2. The van der Waals surface area contributed by atoms with E-state index in [4.69, 9.17) is 9.47 Å². The molecule has 2 aliphatic rings. The third kappa shape index (κ3) is 5.43. The predicted molar refractivity (Wildman–Crippen MR) is 141 cm³/mol. The number of halogens is 3. The number of aryl methyl sites for hydroxylation is 2. The fourth-order valence-electron chi connectivity index (χ4n) is 5.67. The number of hydrogen-bond donors (Lipinski definition) is 0. The van der Waals surface area contributed by atoms with Gasteiger partial charge in [-0.1, -0.05) is 63.1 Å². The molecule has 0 amide bonds. The van der Waals surface area contributed by atoms with Crippen LogP contribution in [0.15, 0.2) is 42.5 Å². The Morgan fingerprint density at radius 1 is 0.784 bits per heavy atom. The van der Waals surface area contributed by atoms with Crippen molar-refractivity contribution < 1.29 is 22.6 Å². The molecule has 3 aromatic carbocycles. The average Bonchev–Trinajstić information content (AvgIpc) is 2.92. The van der Waals surface area contributed by atoms with Gasteiger partial charge in [-0.25, -0.2) is 8.78 Å². The first-order valence-corrected chi connectivity index (χ1v) is 13.7. The summed E-state index contributed by atoms with van der Waals surface area (Å²) >= 11 is 0. The molecule has 196 valence electrons. The number of fused-ring (bicyclic) bond motifs is 2. The van der Waals surface area contributed by atoms with Gasteiger partial charge in [0.05, 0.1) is 6.10 Å². The molecule has 0 bridgehead atoms. The molecule has 0 aromatic heterocycles. The van der Waals surface area contributed by atoms with Crippen LogP contribution in [-0.4, -0.2) is 12.7 Å². The maximum absolute atomic E-state index is 15.2. The smallest absolute Gasteiger partial charge is 0.202 e. The topological polar surface area (TPSA) is 18.5 Å². The minimum absolute atomic E-state index is 0.0108. The van der Waals surface area contributed by atoms with Gasteiger partial charge in [-0.05, 0) is 67.2 Å². The van der Waals surface area contributed by atoms with Crippen LogP contribution in [0.5, 0.6) is 11.5 Å². The van der Waals surface area contributed by atoms with Gasteiger partial charge in [-0.3, -0.25) is 0 Å². The lowest BCUT2D eigenvalue weighted by atomic mass is 9.91. The van der Waals surface area contributed by atoms with E-state index in [1.165, 1.54) is 19.3 Å². The van der Waals surface area contributed by atoms with Crippen molar-refractivity contribution in [3.8, 4) is 22.6 Å². The molecule has 0 radical (unpaired) electrons. The maximum Gasteiger partial charge on any atom is 0.202 e. The van der Waals surface area contributed by atoms with Crippen molar-refractivity contribution in [2.45, 2.75) is 77.7 Å². The molecule has 2 unspecified atom stereocenters. The zero-order valence-electron chi connectivity index (χ0n) is 21.7. The van der Waals surface area contributed by atoms with Crippen molar-refractivity contribution in [3.05, 3.63) is 82.2 Å². The van der Waals surface area contributed by atoms with Gasteiger partial charge in [0.2, 0.25) is 5.82 Å². The molecule has 37 heavy (non-hydrogen) atoms. The molecule has 2 nitrogen and oxygen atoms in total. The summed E-state index contributed by atoms with van der Waals surface area (Å²) < 4.78 is 56.9. The van der Waals surface area contributed by atoms with Gasteiger partial charge in [0.1, 0.15) is 0 Å². The van der Waals surface area contributed by atoms with Crippen molar-refractivity contribution in [2.75, 3.05) is 6.61 Å². The molecule has 3 aromatic rings. The highest BCUT2D eigenvalue weighted by atomic mass is 19.2. The third-order valence-corrected chi connectivity index (χ3v) is 7.78. The monoisotopic (exact) mass is 508 g/mol. The van der Waals surface area contributed by atoms with E-state index in [0.717, 1.165) is 37.9 Å². The van der Waals surface area contributed by atoms with Gasteiger partial charge < -0.3 is 9.47 Å². The van der Waals surface area contributed by atoms with Crippen LogP contribution >= 0.6 is 0 Å². The van der Waals surface area contributed by atoms with Gasteiger partial charge >= 0.3 is 0 Å². The molecule has 1 saturated heterocycles. The lowest BCUT2D eigenvalue weighted by Crippen LogP contribution is -2.26. The van der Waals surface area contributed by atoms with E-state index < -0.39 is 17.5 Å². The SMILES string of the molecule is CCCc1ccc2c(c1F)Oc1c(cc(-c3ccc(CCC4CCC(CCC)CO4)cc3)c(F)c1F)C2. The standard InChI is InChI=1S/C32H35F3O2/c1-3-5-21-10-16-26(36-19-21)15-9-20-7-11-22(12-8-20)27-18-25-17-24-14-13-23(6-4-2)28(33)31(24)37-32(25)30(35)29(27)34/h7-8,11-14,18,21,26H,3-6,9-10,15-17,19H2,1-2H3. The predicted octanol–water partition coefficient (Wildman–Crippen LogP) is 8.95. The summed E-state index contributed by atoms with van der Waals surface area (Å²) in [6.45, 7) is 5.05. The van der Waals surface area contributed by atoms with E-state index in [2.05, 4.69) is 6.92 Å². The molecule has 0 spiro atoms. The van der Waals surface area contributed by atoms with E-state index in [-0.39, 0.29) is 23.5 Å². The number of benzene rings is 3. The maximum atomic E-state index is 15.2. The Bertz CT molecular complexity index is 1240. The summed E-state index contributed by atoms with van der Waals surface area (Å²) in [6.07, 6.45) is 8.58. The second-order valence-corrected chi connectivity index (χ2v) is 10.5. The van der Waals surface area contributed by atoms with Crippen LogP contribution in [-0.2, 0) is 24.0 Å². The largest absolute Gasteiger partial charge is 0.450 e. The van der Waals surface area contributed by atoms with Gasteiger partial charge in [-0.2, -0.15) is 4.39 Å². The third-order valence-electron chi connectivity index (χ3n) is 7.78. The van der Waals surface area contributed by atoms with Gasteiger partial charge in [0.25, 0.3) is 0 Å². The summed E-state index contributed by atoms with van der Waals surface area (Å²) in [5.41, 5.74) is 3.63. The molecule has 1 fully saturated rings. The van der Waals surface area contributed by atoms with Crippen LogP contribution in [0.25, 0.3) is 11.1 Å². The Morgan fingerprint density at radius 2 is 1.57 bits per heavy atom.